The van der Waals surface area contributed by atoms with Crippen molar-refractivity contribution in [1.82, 2.24) is 4.98 Å². The number of ether oxygens (including phenoxy) is 1. The Hall–Kier alpha value is -2.91. The Balaban J connectivity index is 1.62. The van der Waals surface area contributed by atoms with Crippen molar-refractivity contribution >= 4 is 38.1 Å². The van der Waals surface area contributed by atoms with Crippen LogP contribution in [0.15, 0.2) is 65.0 Å². The highest BCUT2D eigenvalue weighted by Gasteiger charge is 2.15. The number of rotatable bonds is 8. The number of aromatic nitrogens is 1. The molecule has 0 saturated carbocycles. The third-order valence-corrected chi connectivity index (χ3v) is 5.95. The van der Waals surface area contributed by atoms with Gasteiger partial charge in [-0.1, -0.05) is 13.8 Å². The van der Waals surface area contributed by atoms with Gasteiger partial charge < -0.3 is 10.1 Å². The summed E-state index contributed by atoms with van der Waals surface area (Å²) in [6.45, 7) is 4.74. The molecule has 3 aromatic rings. The quantitative estimate of drug-likeness (QED) is 0.556. The van der Waals surface area contributed by atoms with Crippen LogP contribution in [-0.4, -0.2) is 25.9 Å². The van der Waals surface area contributed by atoms with Gasteiger partial charge in [-0.25, -0.2) is 13.4 Å². The summed E-state index contributed by atoms with van der Waals surface area (Å²) in [5, 5.41) is 4.72. The summed E-state index contributed by atoms with van der Waals surface area (Å²) < 4.78 is 32.7. The number of nitrogens with one attached hydrogen (secondary N) is 2. The van der Waals surface area contributed by atoms with Crippen molar-refractivity contribution in [3.63, 3.8) is 0 Å². The van der Waals surface area contributed by atoms with Gasteiger partial charge in [0.25, 0.3) is 15.9 Å². The molecule has 1 heterocycles. The Morgan fingerprint density at radius 2 is 1.79 bits per heavy atom. The number of amides is 1. The van der Waals surface area contributed by atoms with E-state index in [1.54, 1.807) is 29.6 Å². The smallest absolute Gasteiger partial charge is 0.263 e. The maximum atomic E-state index is 12.4. The zero-order valence-electron chi connectivity index (χ0n) is 16.0. The predicted octanol–water partition coefficient (Wildman–Crippen LogP) is 4.23. The molecule has 0 atom stereocenters. The fourth-order valence-electron chi connectivity index (χ4n) is 2.33. The van der Waals surface area contributed by atoms with E-state index in [1.165, 1.54) is 41.8 Å². The maximum absolute atomic E-state index is 12.4. The van der Waals surface area contributed by atoms with Gasteiger partial charge >= 0.3 is 0 Å². The minimum atomic E-state index is -3.73. The number of carbonyl (C=O) groups excluding carboxylic acids is 1. The molecule has 2 N–H and O–H groups in total. The molecule has 29 heavy (non-hydrogen) atoms. The van der Waals surface area contributed by atoms with E-state index in [0.717, 1.165) is 0 Å². The molecule has 1 aromatic heterocycles. The Morgan fingerprint density at radius 3 is 2.38 bits per heavy atom. The van der Waals surface area contributed by atoms with Gasteiger partial charge in [-0.2, -0.15) is 0 Å². The van der Waals surface area contributed by atoms with E-state index in [4.69, 9.17) is 4.74 Å². The standard InChI is InChI=1S/C20H21N3O4S2/c1-14(2)13-27-17-7-3-15(4-8-17)19(24)22-16-5-9-18(10-6-16)29(25,26)23-20-21-11-12-28-20/h3-12,14H,13H2,1-2H3,(H,21,23)(H,22,24). The molecular formula is C20H21N3O4S2. The van der Waals surface area contributed by atoms with E-state index in [2.05, 4.69) is 28.9 Å². The second-order valence-corrected chi connectivity index (χ2v) is 9.23. The lowest BCUT2D eigenvalue weighted by Crippen LogP contribution is -2.14. The molecule has 0 bridgehead atoms. The first-order valence-corrected chi connectivity index (χ1v) is 11.3. The first-order valence-electron chi connectivity index (χ1n) is 8.90. The van der Waals surface area contributed by atoms with Crippen LogP contribution in [0, 0.1) is 5.92 Å². The summed E-state index contributed by atoms with van der Waals surface area (Å²) in [5.74, 6) is 0.830. The van der Waals surface area contributed by atoms with Gasteiger partial charge in [0.2, 0.25) is 0 Å². The average molecular weight is 432 g/mol. The number of benzene rings is 2. The normalized spacial score (nSPS) is 11.3. The summed E-state index contributed by atoms with van der Waals surface area (Å²) >= 11 is 1.19. The van der Waals surface area contributed by atoms with Gasteiger partial charge in [0.15, 0.2) is 5.13 Å². The summed E-state index contributed by atoms with van der Waals surface area (Å²) in [6.07, 6.45) is 1.52. The van der Waals surface area contributed by atoms with Crippen LogP contribution < -0.4 is 14.8 Å². The summed E-state index contributed by atoms with van der Waals surface area (Å²) in [4.78, 5) is 16.4. The number of hydrogen-bond acceptors (Lipinski definition) is 6. The third kappa shape index (κ3) is 5.78. The highest BCUT2D eigenvalue weighted by molar-refractivity contribution is 7.93. The number of anilines is 2. The van der Waals surface area contributed by atoms with E-state index in [0.29, 0.717) is 34.7 Å². The van der Waals surface area contributed by atoms with Crippen LogP contribution >= 0.6 is 11.3 Å². The van der Waals surface area contributed by atoms with Crippen LogP contribution in [0.3, 0.4) is 0 Å². The van der Waals surface area contributed by atoms with Gasteiger partial charge in [-0.15, -0.1) is 11.3 Å². The Kier molecular flexibility index (Phi) is 6.50. The van der Waals surface area contributed by atoms with Crippen molar-refractivity contribution in [2.45, 2.75) is 18.7 Å². The molecule has 152 valence electrons. The molecule has 0 aliphatic heterocycles. The number of hydrogen-bond donors (Lipinski definition) is 2. The molecule has 0 spiro atoms. The van der Waals surface area contributed by atoms with Crippen LogP contribution in [0.4, 0.5) is 10.8 Å². The topological polar surface area (TPSA) is 97.4 Å². The second-order valence-electron chi connectivity index (χ2n) is 6.65. The Bertz CT molecular complexity index is 1050. The van der Waals surface area contributed by atoms with Gasteiger partial charge in [0.05, 0.1) is 11.5 Å². The average Bonchev–Trinajstić information content (AvgIpc) is 3.19. The molecule has 0 saturated heterocycles. The Labute approximate surface area is 173 Å². The van der Waals surface area contributed by atoms with E-state index in [1.807, 2.05) is 0 Å². The van der Waals surface area contributed by atoms with E-state index in [9.17, 15) is 13.2 Å². The highest BCUT2D eigenvalue weighted by Crippen LogP contribution is 2.20. The monoisotopic (exact) mass is 431 g/mol. The molecule has 9 heteroatoms. The molecule has 1 amide bonds. The maximum Gasteiger partial charge on any atom is 0.263 e. The van der Waals surface area contributed by atoms with Crippen LogP contribution in [0.5, 0.6) is 5.75 Å². The lowest BCUT2D eigenvalue weighted by atomic mass is 10.2. The molecule has 2 aromatic carbocycles. The second kappa shape index (κ2) is 9.06. The molecule has 0 unspecified atom stereocenters. The molecule has 0 aliphatic rings. The summed E-state index contributed by atoms with van der Waals surface area (Å²) in [5.41, 5.74) is 0.965. The fourth-order valence-corrected chi connectivity index (χ4v) is 4.12. The van der Waals surface area contributed by atoms with Crippen LogP contribution in [0.1, 0.15) is 24.2 Å². The lowest BCUT2D eigenvalue weighted by Gasteiger charge is -2.10. The number of thiazole rings is 1. The Morgan fingerprint density at radius 1 is 1.10 bits per heavy atom. The zero-order valence-corrected chi connectivity index (χ0v) is 17.6. The SMILES string of the molecule is CC(C)COc1ccc(C(=O)Nc2ccc(S(=O)(=O)Nc3nccs3)cc2)cc1. The summed E-state index contributed by atoms with van der Waals surface area (Å²) in [7, 11) is -3.73. The zero-order chi connectivity index (χ0) is 20.9. The molecule has 3 rings (SSSR count). The molecular weight excluding hydrogens is 410 g/mol. The summed E-state index contributed by atoms with van der Waals surface area (Å²) in [6, 6.07) is 12.8. The van der Waals surface area contributed by atoms with Crippen molar-refractivity contribution in [1.29, 1.82) is 0 Å². The highest BCUT2D eigenvalue weighted by atomic mass is 32.2. The van der Waals surface area contributed by atoms with Crippen molar-refractivity contribution in [2.75, 3.05) is 16.6 Å². The number of nitrogens with zero attached hydrogens (tertiary/aromatic N) is 1. The minimum absolute atomic E-state index is 0.0809. The van der Waals surface area contributed by atoms with Crippen LogP contribution in [0.25, 0.3) is 0 Å². The third-order valence-electron chi connectivity index (χ3n) is 3.78. The van der Waals surface area contributed by atoms with Crippen molar-refractivity contribution in [3.05, 3.63) is 65.7 Å². The molecule has 7 nitrogen and oxygen atoms in total. The van der Waals surface area contributed by atoms with Gasteiger partial charge in [0, 0.05) is 22.8 Å². The van der Waals surface area contributed by atoms with Gasteiger partial charge in [-0.05, 0) is 54.4 Å². The van der Waals surface area contributed by atoms with E-state index < -0.39 is 10.0 Å². The lowest BCUT2D eigenvalue weighted by molar-refractivity contribution is 0.102. The van der Waals surface area contributed by atoms with Crippen LogP contribution in [-0.2, 0) is 10.0 Å². The predicted molar refractivity (Wildman–Crippen MR) is 114 cm³/mol. The van der Waals surface area contributed by atoms with Crippen LogP contribution in [0.2, 0.25) is 0 Å². The fraction of sp³-hybridized carbons (Fsp3) is 0.200. The first-order chi connectivity index (χ1) is 13.8. The number of sulfonamides is 1. The molecule has 0 aliphatic carbocycles. The van der Waals surface area contributed by atoms with Gasteiger partial charge in [-0.3, -0.25) is 9.52 Å². The molecule has 0 fully saturated rings. The largest absolute Gasteiger partial charge is 0.493 e. The van der Waals surface area contributed by atoms with Crippen molar-refractivity contribution in [3.8, 4) is 5.75 Å². The van der Waals surface area contributed by atoms with Crippen molar-refractivity contribution < 1.29 is 17.9 Å². The van der Waals surface area contributed by atoms with Gasteiger partial charge in [0.1, 0.15) is 5.75 Å². The minimum Gasteiger partial charge on any atom is -0.493 e. The first kappa shape index (κ1) is 20.8. The van der Waals surface area contributed by atoms with E-state index in [-0.39, 0.29) is 10.8 Å². The number of carbonyl (C=O) groups is 1. The van der Waals surface area contributed by atoms with Crippen molar-refractivity contribution in [2.24, 2.45) is 5.92 Å². The molecule has 0 radical (unpaired) electrons. The van der Waals surface area contributed by atoms with E-state index >= 15 is 0 Å².